The highest BCUT2D eigenvalue weighted by atomic mass is 32.2. The Morgan fingerprint density at radius 3 is 2.84 bits per heavy atom. The Morgan fingerprint density at radius 1 is 1.47 bits per heavy atom. The molecule has 6 nitrogen and oxygen atoms in total. The Hall–Kier alpha value is -0.920. The van der Waals surface area contributed by atoms with E-state index >= 15 is 0 Å². The molecule has 7 heteroatoms. The summed E-state index contributed by atoms with van der Waals surface area (Å²) in [5.41, 5.74) is 5.72. The van der Waals surface area contributed by atoms with Crippen LogP contribution in [-0.4, -0.2) is 30.6 Å². The van der Waals surface area contributed by atoms with E-state index in [1.807, 2.05) is 6.92 Å². The molecule has 108 valence electrons. The van der Waals surface area contributed by atoms with Crippen molar-refractivity contribution in [2.24, 2.45) is 11.7 Å². The van der Waals surface area contributed by atoms with Crippen LogP contribution in [0, 0.1) is 5.92 Å². The number of nitrogens with one attached hydrogen (secondary N) is 1. The lowest BCUT2D eigenvalue weighted by Gasteiger charge is -2.30. The summed E-state index contributed by atoms with van der Waals surface area (Å²) in [5.74, 6) is 0.233. The van der Waals surface area contributed by atoms with Gasteiger partial charge >= 0.3 is 0 Å². The number of sulfonamides is 1. The smallest absolute Gasteiger partial charge is 0.259 e. The molecular weight excluding hydrogens is 264 g/mol. The number of hydrogen-bond donors (Lipinski definition) is 2. The molecule has 2 atom stereocenters. The summed E-state index contributed by atoms with van der Waals surface area (Å²) >= 11 is 0. The first-order valence-electron chi connectivity index (χ1n) is 6.81. The van der Waals surface area contributed by atoms with Gasteiger partial charge in [0, 0.05) is 18.8 Å². The normalized spacial score (nSPS) is 24.5. The molecule has 0 aromatic carbocycles. The fourth-order valence-electron chi connectivity index (χ4n) is 2.56. The van der Waals surface area contributed by atoms with Crippen LogP contribution >= 0.6 is 0 Å². The molecule has 1 aromatic rings. The van der Waals surface area contributed by atoms with Crippen LogP contribution in [0.2, 0.25) is 0 Å². The molecular formula is C12H22N4O2S. The van der Waals surface area contributed by atoms with Gasteiger partial charge in [-0.2, -0.15) is 0 Å². The molecule has 1 heterocycles. The molecule has 0 spiro atoms. The summed E-state index contributed by atoms with van der Waals surface area (Å²) in [5, 5.41) is 0.0932. The Morgan fingerprint density at radius 2 is 2.21 bits per heavy atom. The van der Waals surface area contributed by atoms with Gasteiger partial charge < -0.3 is 10.3 Å². The Labute approximate surface area is 114 Å². The zero-order chi connectivity index (χ0) is 13.9. The van der Waals surface area contributed by atoms with Gasteiger partial charge in [0.05, 0.1) is 6.33 Å². The molecule has 0 radical (unpaired) electrons. The molecule has 0 aliphatic heterocycles. The molecule has 2 rings (SSSR count). The Kier molecular flexibility index (Phi) is 4.59. The minimum Gasteiger partial charge on any atom is -0.336 e. The van der Waals surface area contributed by atoms with Crippen LogP contribution < -0.4 is 10.5 Å². The average molecular weight is 286 g/mol. The summed E-state index contributed by atoms with van der Waals surface area (Å²) in [4.78, 5) is 3.96. The van der Waals surface area contributed by atoms with E-state index in [1.165, 1.54) is 6.33 Å². The van der Waals surface area contributed by atoms with Gasteiger partial charge in [0.2, 0.25) is 0 Å². The minimum absolute atomic E-state index is 0.0597. The van der Waals surface area contributed by atoms with Crippen molar-refractivity contribution in [3.05, 3.63) is 12.5 Å². The molecule has 19 heavy (non-hydrogen) atoms. The molecule has 0 bridgehead atoms. The number of rotatable bonds is 5. The van der Waals surface area contributed by atoms with E-state index in [0.717, 1.165) is 25.7 Å². The highest BCUT2D eigenvalue weighted by Crippen LogP contribution is 2.24. The SMILES string of the molecule is CCn1cnc(S(=O)(=O)NC2CCCCC2CN)c1. The summed E-state index contributed by atoms with van der Waals surface area (Å²) in [6.07, 6.45) is 7.12. The molecule has 0 saturated heterocycles. The molecule has 2 unspecified atom stereocenters. The van der Waals surface area contributed by atoms with Crippen molar-refractivity contribution in [1.29, 1.82) is 0 Å². The molecule has 0 amide bonds. The largest absolute Gasteiger partial charge is 0.336 e. The van der Waals surface area contributed by atoms with Gasteiger partial charge in [-0.1, -0.05) is 12.8 Å². The molecule has 1 aliphatic carbocycles. The summed E-state index contributed by atoms with van der Waals surface area (Å²) < 4.78 is 29.0. The molecule has 1 saturated carbocycles. The van der Waals surface area contributed by atoms with Gasteiger partial charge in [0.1, 0.15) is 0 Å². The standard InChI is InChI=1S/C12H22N4O2S/c1-2-16-8-12(14-9-16)19(17,18)15-11-6-4-3-5-10(11)7-13/h8-11,15H,2-7,13H2,1H3. The number of aryl methyl sites for hydroxylation is 1. The molecule has 3 N–H and O–H groups in total. The van der Waals surface area contributed by atoms with E-state index in [9.17, 15) is 8.42 Å². The lowest BCUT2D eigenvalue weighted by molar-refractivity contribution is 0.296. The maximum atomic E-state index is 12.3. The average Bonchev–Trinajstić information content (AvgIpc) is 2.88. The second-order valence-electron chi connectivity index (χ2n) is 5.05. The lowest BCUT2D eigenvalue weighted by atomic mass is 9.85. The zero-order valence-corrected chi connectivity index (χ0v) is 12.1. The van der Waals surface area contributed by atoms with Crippen molar-refractivity contribution in [2.75, 3.05) is 6.54 Å². The van der Waals surface area contributed by atoms with Gasteiger partial charge in [-0.25, -0.2) is 18.1 Å². The lowest BCUT2D eigenvalue weighted by Crippen LogP contribution is -2.44. The van der Waals surface area contributed by atoms with E-state index < -0.39 is 10.0 Å². The van der Waals surface area contributed by atoms with Gasteiger partial charge in [0.15, 0.2) is 5.03 Å². The summed E-state index contributed by atoms with van der Waals surface area (Å²) in [6.45, 7) is 3.17. The third-order valence-corrected chi connectivity index (χ3v) is 5.14. The van der Waals surface area contributed by atoms with Crippen LogP contribution in [0.4, 0.5) is 0 Å². The van der Waals surface area contributed by atoms with Crippen molar-refractivity contribution in [3.8, 4) is 0 Å². The number of imidazole rings is 1. The topological polar surface area (TPSA) is 90.0 Å². The number of hydrogen-bond acceptors (Lipinski definition) is 4. The summed E-state index contributed by atoms with van der Waals surface area (Å²) in [7, 11) is -3.53. The maximum absolute atomic E-state index is 12.3. The van der Waals surface area contributed by atoms with Gasteiger partial charge in [-0.3, -0.25) is 0 Å². The fourth-order valence-corrected chi connectivity index (χ4v) is 3.85. The van der Waals surface area contributed by atoms with Gasteiger partial charge in [-0.15, -0.1) is 0 Å². The van der Waals surface area contributed by atoms with E-state index in [1.54, 1.807) is 10.8 Å². The van der Waals surface area contributed by atoms with Crippen LogP contribution in [0.3, 0.4) is 0 Å². The first-order valence-corrected chi connectivity index (χ1v) is 8.29. The first kappa shape index (κ1) is 14.5. The van der Waals surface area contributed by atoms with E-state index in [-0.39, 0.29) is 17.0 Å². The van der Waals surface area contributed by atoms with Crippen molar-refractivity contribution < 1.29 is 8.42 Å². The first-order chi connectivity index (χ1) is 9.06. The second-order valence-corrected chi connectivity index (χ2v) is 6.71. The Balaban J connectivity index is 2.11. The number of nitrogens with zero attached hydrogens (tertiary/aromatic N) is 2. The number of aromatic nitrogens is 2. The van der Waals surface area contributed by atoms with Crippen LogP contribution in [0.15, 0.2) is 17.6 Å². The molecule has 1 aliphatic rings. The van der Waals surface area contributed by atoms with E-state index in [2.05, 4.69) is 9.71 Å². The predicted octanol–water partition coefficient (Wildman–Crippen LogP) is 0.699. The third kappa shape index (κ3) is 3.34. The maximum Gasteiger partial charge on any atom is 0.259 e. The minimum atomic E-state index is -3.53. The van der Waals surface area contributed by atoms with Crippen LogP contribution in [-0.2, 0) is 16.6 Å². The zero-order valence-electron chi connectivity index (χ0n) is 11.2. The third-order valence-electron chi connectivity index (χ3n) is 3.77. The number of nitrogens with two attached hydrogens (primary N) is 1. The van der Waals surface area contributed by atoms with Crippen molar-refractivity contribution in [3.63, 3.8) is 0 Å². The van der Waals surface area contributed by atoms with Crippen LogP contribution in [0.1, 0.15) is 32.6 Å². The van der Waals surface area contributed by atoms with E-state index in [0.29, 0.717) is 13.1 Å². The molecule has 1 aromatic heterocycles. The highest BCUT2D eigenvalue weighted by molar-refractivity contribution is 7.89. The fraction of sp³-hybridized carbons (Fsp3) is 0.750. The monoisotopic (exact) mass is 286 g/mol. The predicted molar refractivity (Wildman–Crippen MR) is 73.0 cm³/mol. The quantitative estimate of drug-likeness (QED) is 0.833. The molecule has 1 fully saturated rings. The van der Waals surface area contributed by atoms with Gasteiger partial charge in [-0.05, 0) is 32.2 Å². The van der Waals surface area contributed by atoms with Crippen LogP contribution in [0.25, 0.3) is 0 Å². The van der Waals surface area contributed by atoms with Crippen LogP contribution in [0.5, 0.6) is 0 Å². The van der Waals surface area contributed by atoms with Crippen molar-refractivity contribution in [2.45, 2.75) is 50.2 Å². The highest BCUT2D eigenvalue weighted by Gasteiger charge is 2.29. The van der Waals surface area contributed by atoms with Crippen molar-refractivity contribution in [1.82, 2.24) is 14.3 Å². The van der Waals surface area contributed by atoms with E-state index in [4.69, 9.17) is 5.73 Å². The van der Waals surface area contributed by atoms with Crippen molar-refractivity contribution >= 4 is 10.0 Å². The Bertz CT molecular complexity index is 512. The van der Waals surface area contributed by atoms with Gasteiger partial charge in [0.25, 0.3) is 10.0 Å². The summed E-state index contributed by atoms with van der Waals surface area (Å²) in [6, 6.07) is -0.0597. The second kappa shape index (κ2) is 6.02.